The van der Waals surface area contributed by atoms with Gasteiger partial charge in [0.1, 0.15) is 22.8 Å². The number of amides is 1. The van der Waals surface area contributed by atoms with E-state index in [1.165, 1.54) is 11.3 Å². The van der Waals surface area contributed by atoms with Gasteiger partial charge in [-0.2, -0.15) is 0 Å². The average Bonchev–Trinajstić information content (AvgIpc) is 3.35. The van der Waals surface area contributed by atoms with Crippen LogP contribution in [-0.4, -0.2) is 23.0 Å². The quantitative estimate of drug-likeness (QED) is 0.240. The Morgan fingerprint density at radius 2 is 1.74 bits per heavy atom. The van der Waals surface area contributed by atoms with Crippen LogP contribution in [0.25, 0.3) is 10.2 Å². The van der Waals surface area contributed by atoms with Crippen molar-refractivity contribution < 1.29 is 14.3 Å². The first-order valence-electron chi connectivity index (χ1n) is 10.8. The summed E-state index contributed by atoms with van der Waals surface area (Å²) >= 11 is 7.78. The van der Waals surface area contributed by atoms with E-state index in [1.54, 1.807) is 60.8 Å². The molecule has 0 aliphatic heterocycles. The number of thiazole rings is 1. The summed E-state index contributed by atoms with van der Waals surface area (Å²) in [5, 5.41) is 1.07. The number of fused-ring (bicyclic) bond motifs is 1. The molecule has 2 heterocycles. The highest BCUT2D eigenvalue weighted by molar-refractivity contribution is 7.23. The van der Waals surface area contributed by atoms with E-state index in [1.807, 2.05) is 42.5 Å². The maximum absolute atomic E-state index is 13.7. The van der Waals surface area contributed by atoms with Gasteiger partial charge in [0.2, 0.25) is 0 Å². The number of ether oxygens (including phenoxy) is 2. The maximum Gasteiger partial charge on any atom is 0.260 e. The zero-order valence-electron chi connectivity index (χ0n) is 18.7. The summed E-state index contributed by atoms with van der Waals surface area (Å²) < 4.78 is 12.1. The summed E-state index contributed by atoms with van der Waals surface area (Å²) in [5.74, 6) is 1.77. The molecule has 8 heteroatoms. The molecule has 0 saturated carbocycles. The van der Waals surface area contributed by atoms with Crippen molar-refractivity contribution in [3.05, 3.63) is 107 Å². The molecule has 0 fully saturated rings. The number of benzene rings is 3. The molecule has 0 radical (unpaired) electrons. The third kappa shape index (κ3) is 4.96. The van der Waals surface area contributed by atoms with Crippen molar-refractivity contribution in [2.75, 3.05) is 12.0 Å². The summed E-state index contributed by atoms with van der Waals surface area (Å²) in [6.45, 7) is 0.300. The summed E-state index contributed by atoms with van der Waals surface area (Å²) in [5.41, 5.74) is 2.00. The number of hydrogen-bond acceptors (Lipinski definition) is 6. The van der Waals surface area contributed by atoms with E-state index >= 15 is 0 Å². The number of rotatable bonds is 7. The van der Waals surface area contributed by atoms with Gasteiger partial charge in [0.15, 0.2) is 5.13 Å². The van der Waals surface area contributed by atoms with Gasteiger partial charge in [-0.3, -0.25) is 14.7 Å². The second-order valence-electron chi connectivity index (χ2n) is 7.62. The van der Waals surface area contributed by atoms with Crippen LogP contribution in [0.2, 0.25) is 5.02 Å². The molecule has 0 spiro atoms. The average molecular weight is 502 g/mol. The number of anilines is 1. The van der Waals surface area contributed by atoms with Crippen molar-refractivity contribution in [2.24, 2.45) is 0 Å². The Morgan fingerprint density at radius 1 is 0.971 bits per heavy atom. The molecule has 0 aliphatic carbocycles. The Hall–Kier alpha value is -3.94. The topological polar surface area (TPSA) is 64.5 Å². The van der Waals surface area contributed by atoms with Gasteiger partial charge in [0.05, 0.1) is 23.4 Å². The number of carbonyl (C=O) groups is 1. The molecule has 0 aliphatic rings. The molecule has 5 rings (SSSR count). The largest absolute Gasteiger partial charge is 0.494 e. The third-order valence-corrected chi connectivity index (χ3v) is 6.83. The molecule has 0 saturated heterocycles. The number of halogens is 1. The molecule has 0 N–H and O–H groups in total. The summed E-state index contributed by atoms with van der Waals surface area (Å²) in [6, 6.07) is 23.8. The number of pyridine rings is 1. The second kappa shape index (κ2) is 10.1. The van der Waals surface area contributed by atoms with E-state index in [-0.39, 0.29) is 5.91 Å². The fraction of sp³-hybridized carbons (Fsp3) is 0.0741. The van der Waals surface area contributed by atoms with Crippen LogP contribution in [0.5, 0.6) is 17.2 Å². The molecule has 35 heavy (non-hydrogen) atoms. The Kier molecular flexibility index (Phi) is 6.61. The number of aromatic nitrogens is 2. The van der Waals surface area contributed by atoms with Crippen molar-refractivity contribution in [3.63, 3.8) is 0 Å². The van der Waals surface area contributed by atoms with Gasteiger partial charge in [-0.1, -0.05) is 47.2 Å². The molecular formula is C27H20ClN3O3S. The first kappa shape index (κ1) is 22.8. The minimum atomic E-state index is -0.200. The Morgan fingerprint density at radius 3 is 2.46 bits per heavy atom. The van der Waals surface area contributed by atoms with Crippen molar-refractivity contribution in [1.82, 2.24) is 9.97 Å². The lowest BCUT2D eigenvalue weighted by molar-refractivity contribution is 0.0985. The van der Waals surface area contributed by atoms with Crippen LogP contribution in [0, 0.1) is 0 Å². The lowest BCUT2D eigenvalue weighted by Gasteiger charge is -2.20. The minimum Gasteiger partial charge on any atom is -0.494 e. The molecule has 0 atom stereocenters. The summed E-state index contributed by atoms with van der Waals surface area (Å²) in [4.78, 5) is 24.2. The molecule has 3 aromatic carbocycles. The van der Waals surface area contributed by atoms with E-state index in [4.69, 9.17) is 26.1 Å². The number of hydrogen-bond donors (Lipinski definition) is 0. The standard InChI is InChI=1S/C27H20ClN3O3S/c1-33-23-14-13-22(28)25-24(23)30-27(35-25)31(17-18-6-5-15-29-16-18)26(32)19-9-11-21(12-10-19)34-20-7-3-2-4-8-20/h2-16H,17H2,1H3. The van der Waals surface area contributed by atoms with Crippen LogP contribution in [0.3, 0.4) is 0 Å². The van der Waals surface area contributed by atoms with Gasteiger partial charge < -0.3 is 9.47 Å². The van der Waals surface area contributed by atoms with Crippen LogP contribution >= 0.6 is 22.9 Å². The molecular weight excluding hydrogens is 482 g/mol. The van der Waals surface area contributed by atoms with Gasteiger partial charge in [0.25, 0.3) is 5.91 Å². The van der Waals surface area contributed by atoms with Crippen molar-refractivity contribution in [1.29, 1.82) is 0 Å². The van der Waals surface area contributed by atoms with Gasteiger partial charge in [-0.05, 0) is 60.2 Å². The molecule has 6 nitrogen and oxygen atoms in total. The zero-order chi connectivity index (χ0) is 24.2. The molecule has 174 valence electrons. The fourth-order valence-corrected chi connectivity index (χ4v) is 4.82. The van der Waals surface area contributed by atoms with E-state index in [9.17, 15) is 4.79 Å². The smallest absolute Gasteiger partial charge is 0.260 e. The van der Waals surface area contributed by atoms with Gasteiger partial charge in [-0.25, -0.2) is 4.98 Å². The van der Waals surface area contributed by atoms with E-state index < -0.39 is 0 Å². The highest BCUT2D eigenvalue weighted by Crippen LogP contribution is 2.39. The minimum absolute atomic E-state index is 0.200. The Bertz CT molecular complexity index is 1460. The molecule has 0 bridgehead atoms. The van der Waals surface area contributed by atoms with Crippen LogP contribution in [0.15, 0.2) is 91.3 Å². The number of carbonyl (C=O) groups excluding carboxylic acids is 1. The van der Waals surface area contributed by atoms with Crippen LogP contribution in [-0.2, 0) is 6.54 Å². The Labute approximate surface area is 211 Å². The number of methoxy groups -OCH3 is 1. The lowest BCUT2D eigenvalue weighted by atomic mass is 10.1. The van der Waals surface area contributed by atoms with Gasteiger partial charge >= 0.3 is 0 Å². The van der Waals surface area contributed by atoms with E-state index in [0.717, 1.165) is 16.0 Å². The monoisotopic (exact) mass is 501 g/mol. The van der Waals surface area contributed by atoms with Gasteiger partial charge in [-0.15, -0.1) is 0 Å². The molecule has 2 aromatic heterocycles. The van der Waals surface area contributed by atoms with Crippen molar-refractivity contribution >= 4 is 44.2 Å². The van der Waals surface area contributed by atoms with E-state index in [0.29, 0.717) is 39.3 Å². The SMILES string of the molecule is COc1ccc(Cl)c2sc(N(Cc3cccnc3)C(=O)c3ccc(Oc4ccccc4)cc3)nc12. The van der Waals surface area contributed by atoms with E-state index in [2.05, 4.69) is 4.98 Å². The summed E-state index contributed by atoms with van der Waals surface area (Å²) in [7, 11) is 1.58. The van der Waals surface area contributed by atoms with Crippen LogP contribution in [0.4, 0.5) is 5.13 Å². The van der Waals surface area contributed by atoms with Crippen molar-refractivity contribution in [3.8, 4) is 17.2 Å². The molecule has 1 amide bonds. The van der Waals surface area contributed by atoms with Crippen LogP contribution < -0.4 is 14.4 Å². The molecule has 0 unspecified atom stereocenters. The predicted molar refractivity (Wildman–Crippen MR) is 139 cm³/mol. The normalized spacial score (nSPS) is 10.8. The molecule has 5 aromatic rings. The predicted octanol–water partition coefficient (Wildman–Crippen LogP) is 6.99. The second-order valence-corrected chi connectivity index (χ2v) is 9.00. The Balaban J connectivity index is 1.49. The first-order chi connectivity index (χ1) is 17.1. The number of nitrogens with zero attached hydrogens (tertiary/aromatic N) is 3. The maximum atomic E-state index is 13.7. The fourth-order valence-electron chi connectivity index (χ4n) is 3.57. The van der Waals surface area contributed by atoms with Crippen LogP contribution in [0.1, 0.15) is 15.9 Å². The lowest BCUT2D eigenvalue weighted by Crippen LogP contribution is -2.30. The van der Waals surface area contributed by atoms with Crippen molar-refractivity contribution in [2.45, 2.75) is 6.54 Å². The number of para-hydroxylation sites is 1. The highest BCUT2D eigenvalue weighted by atomic mass is 35.5. The third-order valence-electron chi connectivity index (χ3n) is 5.29. The van der Waals surface area contributed by atoms with Gasteiger partial charge in [0, 0.05) is 18.0 Å². The zero-order valence-corrected chi connectivity index (χ0v) is 20.3. The first-order valence-corrected chi connectivity index (χ1v) is 12.0. The highest BCUT2D eigenvalue weighted by Gasteiger charge is 2.24. The summed E-state index contributed by atoms with van der Waals surface area (Å²) in [6.07, 6.45) is 3.43.